The maximum absolute atomic E-state index is 10.7. The third-order valence-corrected chi connectivity index (χ3v) is 1.78. The number of hydrogen-bond donors (Lipinski definition) is 4. The van der Waals surface area contributed by atoms with E-state index in [4.69, 9.17) is 9.84 Å². The molecule has 0 saturated heterocycles. The van der Waals surface area contributed by atoms with E-state index in [1.807, 2.05) is 0 Å². The van der Waals surface area contributed by atoms with Gasteiger partial charge in [0.1, 0.15) is 12.2 Å². The monoisotopic (exact) mass is 203 g/mol. The maximum Gasteiger partial charge on any atom is 0.221 e. The van der Waals surface area contributed by atoms with E-state index in [-0.39, 0.29) is 11.6 Å². The van der Waals surface area contributed by atoms with Crippen LogP contribution in [0.5, 0.6) is 0 Å². The molecule has 0 saturated carbocycles. The molecule has 80 valence electrons. The molecule has 0 aromatic heterocycles. The summed E-state index contributed by atoms with van der Waals surface area (Å²) in [4.78, 5) is 10.7. The molecule has 1 aliphatic rings. The van der Waals surface area contributed by atoms with Gasteiger partial charge in [0, 0.05) is 6.92 Å². The van der Waals surface area contributed by atoms with E-state index in [0.29, 0.717) is 0 Å². The second-order valence-electron chi connectivity index (χ2n) is 3.01. The van der Waals surface area contributed by atoms with Crippen LogP contribution in [-0.2, 0) is 9.53 Å². The molecule has 0 spiro atoms. The van der Waals surface area contributed by atoms with Crippen molar-refractivity contribution >= 4 is 5.91 Å². The van der Waals surface area contributed by atoms with Gasteiger partial charge in [-0.3, -0.25) is 4.79 Å². The van der Waals surface area contributed by atoms with Gasteiger partial charge in [-0.25, -0.2) is 0 Å². The van der Waals surface area contributed by atoms with Crippen molar-refractivity contribution in [1.29, 1.82) is 0 Å². The molecule has 0 aliphatic carbocycles. The molecule has 1 heterocycles. The Bertz CT molecular complexity index is 252. The predicted molar refractivity (Wildman–Crippen MR) is 45.9 cm³/mol. The van der Waals surface area contributed by atoms with Gasteiger partial charge >= 0.3 is 0 Å². The minimum Gasteiger partial charge on any atom is -0.394 e. The number of nitrogens with one attached hydrogen (secondary N) is 1. The standard InChI is InChI=1S/C8H13NO5/c1-4(11)9-5-2-7(6(12)3-10)14-8(5)13/h2,6-8,10,12-13H,3H2,1H3,(H,9,11)/t6-,7-,8?/m1/s1. The van der Waals surface area contributed by atoms with E-state index >= 15 is 0 Å². The molecule has 1 unspecified atom stereocenters. The molecule has 0 fully saturated rings. The first kappa shape index (κ1) is 11.1. The average Bonchev–Trinajstić information content (AvgIpc) is 2.46. The molecule has 1 amide bonds. The van der Waals surface area contributed by atoms with Gasteiger partial charge in [-0.2, -0.15) is 0 Å². The summed E-state index contributed by atoms with van der Waals surface area (Å²) < 4.78 is 4.87. The lowest BCUT2D eigenvalue weighted by molar-refractivity contribution is -0.127. The fraction of sp³-hybridized carbons (Fsp3) is 0.625. The van der Waals surface area contributed by atoms with Crippen LogP contribution >= 0.6 is 0 Å². The lowest BCUT2D eigenvalue weighted by atomic mass is 10.2. The summed E-state index contributed by atoms with van der Waals surface area (Å²) in [6.45, 7) is 0.824. The zero-order valence-corrected chi connectivity index (χ0v) is 7.67. The topological polar surface area (TPSA) is 99.0 Å². The van der Waals surface area contributed by atoms with E-state index < -0.39 is 25.1 Å². The zero-order chi connectivity index (χ0) is 10.7. The van der Waals surface area contributed by atoms with E-state index in [2.05, 4.69) is 5.32 Å². The van der Waals surface area contributed by atoms with Crippen molar-refractivity contribution in [3.8, 4) is 0 Å². The lowest BCUT2D eigenvalue weighted by Crippen LogP contribution is -2.30. The number of carbonyl (C=O) groups excluding carboxylic acids is 1. The van der Waals surface area contributed by atoms with Crippen molar-refractivity contribution in [2.75, 3.05) is 6.61 Å². The smallest absolute Gasteiger partial charge is 0.221 e. The van der Waals surface area contributed by atoms with Crippen LogP contribution in [-0.4, -0.2) is 46.3 Å². The van der Waals surface area contributed by atoms with Gasteiger partial charge in [0.2, 0.25) is 5.91 Å². The Labute approximate surface area is 80.8 Å². The Morgan fingerprint density at radius 1 is 1.79 bits per heavy atom. The first-order valence-corrected chi connectivity index (χ1v) is 4.16. The van der Waals surface area contributed by atoms with Crippen molar-refractivity contribution in [1.82, 2.24) is 5.32 Å². The highest BCUT2D eigenvalue weighted by Crippen LogP contribution is 2.18. The Hall–Kier alpha value is -0.950. The third kappa shape index (κ3) is 2.52. The summed E-state index contributed by atoms with van der Waals surface area (Å²) in [6.07, 6.45) is -1.79. The highest BCUT2D eigenvalue weighted by molar-refractivity contribution is 5.75. The molecule has 6 heteroatoms. The van der Waals surface area contributed by atoms with Crippen LogP contribution in [0.1, 0.15) is 6.92 Å². The minimum absolute atomic E-state index is 0.190. The van der Waals surface area contributed by atoms with Crippen LogP contribution in [0.15, 0.2) is 11.8 Å². The van der Waals surface area contributed by atoms with E-state index in [9.17, 15) is 15.0 Å². The highest BCUT2D eigenvalue weighted by Gasteiger charge is 2.30. The molecule has 1 aliphatic heterocycles. The molecule has 1 rings (SSSR count). The zero-order valence-electron chi connectivity index (χ0n) is 7.67. The first-order chi connectivity index (χ1) is 6.54. The van der Waals surface area contributed by atoms with Gasteiger partial charge in [-0.05, 0) is 6.08 Å². The van der Waals surface area contributed by atoms with Crippen LogP contribution < -0.4 is 5.32 Å². The normalized spacial score (nSPS) is 28.4. The number of hydrogen-bond acceptors (Lipinski definition) is 5. The molecule has 3 atom stereocenters. The summed E-state index contributed by atoms with van der Waals surface area (Å²) in [5, 5.41) is 29.4. The van der Waals surface area contributed by atoms with E-state index in [0.717, 1.165) is 0 Å². The number of rotatable bonds is 3. The number of aliphatic hydroxyl groups excluding tert-OH is 3. The van der Waals surface area contributed by atoms with Crippen molar-refractivity contribution in [3.05, 3.63) is 11.8 Å². The van der Waals surface area contributed by atoms with Crippen LogP contribution in [0, 0.1) is 0 Å². The van der Waals surface area contributed by atoms with E-state index in [1.54, 1.807) is 0 Å². The molecule has 0 aromatic carbocycles. The second kappa shape index (κ2) is 4.52. The number of amides is 1. The van der Waals surface area contributed by atoms with Crippen LogP contribution in [0.3, 0.4) is 0 Å². The highest BCUT2D eigenvalue weighted by atomic mass is 16.6. The van der Waals surface area contributed by atoms with E-state index in [1.165, 1.54) is 13.0 Å². The summed E-state index contributed by atoms with van der Waals surface area (Å²) in [5.74, 6) is -0.335. The van der Waals surface area contributed by atoms with Gasteiger partial charge in [-0.15, -0.1) is 0 Å². The molecule has 0 bridgehead atoms. The van der Waals surface area contributed by atoms with Crippen molar-refractivity contribution in [2.24, 2.45) is 0 Å². The average molecular weight is 203 g/mol. The molecular formula is C8H13NO5. The fourth-order valence-electron chi connectivity index (χ4n) is 1.13. The van der Waals surface area contributed by atoms with Gasteiger partial charge in [0.05, 0.1) is 12.3 Å². The van der Waals surface area contributed by atoms with Crippen molar-refractivity contribution < 1.29 is 24.9 Å². The summed E-state index contributed by atoms with van der Waals surface area (Å²) in [6, 6.07) is 0. The lowest BCUT2D eigenvalue weighted by Gasteiger charge is -2.14. The summed E-state index contributed by atoms with van der Waals surface area (Å²) in [7, 11) is 0. The van der Waals surface area contributed by atoms with Gasteiger partial charge in [-0.1, -0.05) is 0 Å². The van der Waals surface area contributed by atoms with Crippen LogP contribution in [0.4, 0.5) is 0 Å². The predicted octanol–water partition coefficient (Wildman–Crippen LogP) is -1.92. The Morgan fingerprint density at radius 3 is 2.93 bits per heavy atom. The largest absolute Gasteiger partial charge is 0.394 e. The quantitative estimate of drug-likeness (QED) is 0.428. The molecule has 4 N–H and O–H groups in total. The van der Waals surface area contributed by atoms with Crippen LogP contribution in [0.25, 0.3) is 0 Å². The SMILES string of the molecule is CC(=O)NC1=C[C@H]([C@H](O)CO)OC1O. The Morgan fingerprint density at radius 2 is 2.43 bits per heavy atom. The third-order valence-electron chi connectivity index (χ3n) is 1.78. The van der Waals surface area contributed by atoms with Gasteiger partial charge in [0.25, 0.3) is 0 Å². The summed E-state index contributed by atoms with van der Waals surface area (Å²) in [5.41, 5.74) is 0.190. The van der Waals surface area contributed by atoms with Gasteiger partial charge < -0.3 is 25.4 Å². The summed E-state index contributed by atoms with van der Waals surface area (Å²) >= 11 is 0. The fourth-order valence-corrected chi connectivity index (χ4v) is 1.13. The molecule has 6 nitrogen and oxygen atoms in total. The van der Waals surface area contributed by atoms with Crippen molar-refractivity contribution in [3.63, 3.8) is 0 Å². The Kier molecular flexibility index (Phi) is 3.59. The van der Waals surface area contributed by atoms with Gasteiger partial charge in [0.15, 0.2) is 6.29 Å². The molecule has 14 heavy (non-hydrogen) atoms. The van der Waals surface area contributed by atoms with Crippen molar-refractivity contribution in [2.45, 2.75) is 25.4 Å². The molecular weight excluding hydrogens is 190 g/mol. The second-order valence-corrected chi connectivity index (χ2v) is 3.01. The number of aliphatic hydroxyl groups is 3. The molecule has 0 radical (unpaired) electrons. The van der Waals surface area contributed by atoms with Crippen LogP contribution in [0.2, 0.25) is 0 Å². The number of ether oxygens (including phenoxy) is 1. The first-order valence-electron chi connectivity index (χ1n) is 4.16. The minimum atomic E-state index is -1.26. The maximum atomic E-state index is 10.7. The number of carbonyl (C=O) groups is 1. The Balaban J connectivity index is 2.62. The molecule has 0 aromatic rings.